The van der Waals surface area contributed by atoms with Crippen molar-refractivity contribution in [2.24, 2.45) is 4.99 Å². The highest BCUT2D eigenvalue weighted by atomic mass is 16.5. The molecule has 3 heteroatoms. The van der Waals surface area contributed by atoms with Crippen molar-refractivity contribution in [3.8, 4) is 5.75 Å². The Hall–Kier alpha value is -2.68. The zero-order chi connectivity index (χ0) is 15.1. The van der Waals surface area contributed by atoms with Gasteiger partial charge in [-0.05, 0) is 60.5 Å². The molecule has 2 aromatic rings. The molecule has 0 aromatic heterocycles. The SMILES string of the molecule is COc1ccc(C=Nc2ccc(/C=C/C(C)=O)cc2)cc1. The van der Waals surface area contributed by atoms with Gasteiger partial charge in [0.1, 0.15) is 5.75 Å². The van der Waals surface area contributed by atoms with Crippen LogP contribution in [0.15, 0.2) is 59.6 Å². The Balaban J connectivity index is 2.05. The van der Waals surface area contributed by atoms with E-state index in [-0.39, 0.29) is 5.78 Å². The highest BCUT2D eigenvalue weighted by Crippen LogP contribution is 2.15. The van der Waals surface area contributed by atoms with Crippen LogP contribution in [0.5, 0.6) is 5.75 Å². The number of hydrogen-bond acceptors (Lipinski definition) is 3. The molecule has 0 amide bonds. The number of nitrogens with zero attached hydrogens (tertiary/aromatic N) is 1. The highest BCUT2D eigenvalue weighted by molar-refractivity contribution is 5.91. The summed E-state index contributed by atoms with van der Waals surface area (Å²) in [4.78, 5) is 15.3. The van der Waals surface area contributed by atoms with Crippen LogP contribution in [0, 0.1) is 0 Å². The molecule has 2 rings (SSSR count). The van der Waals surface area contributed by atoms with E-state index in [1.807, 2.05) is 48.5 Å². The third-order valence-corrected chi connectivity index (χ3v) is 2.88. The lowest BCUT2D eigenvalue weighted by Crippen LogP contribution is -1.84. The van der Waals surface area contributed by atoms with Crippen LogP contribution >= 0.6 is 0 Å². The van der Waals surface area contributed by atoms with E-state index >= 15 is 0 Å². The maximum atomic E-state index is 10.9. The Morgan fingerprint density at radius 1 is 1.00 bits per heavy atom. The Bertz CT molecular complexity index is 653. The molecule has 0 saturated heterocycles. The molecule has 0 radical (unpaired) electrons. The van der Waals surface area contributed by atoms with Gasteiger partial charge in [-0.1, -0.05) is 18.2 Å². The number of allylic oxidation sites excluding steroid dienone is 1. The van der Waals surface area contributed by atoms with E-state index in [1.165, 1.54) is 6.92 Å². The molecule has 0 spiro atoms. The molecule has 0 atom stereocenters. The van der Waals surface area contributed by atoms with Gasteiger partial charge in [0.25, 0.3) is 0 Å². The van der Waals surface area contributed by atoms with Crippen molar-refractivity contribution in [3.63, 3.8) is 0 Å². The smallest absolute Gasteiger partial charge is 0.152 e. The standard InChI is InChI=1S/C18H17NO2/c1-14(20)3-4-15-5-9-17(10-6-15)19-13-16-7-11-18(21-2)12-8-16/h3-13H,1-2H3/b4-3+,19-13?. The van der Waals surface area contributed by atoms with Gasteiger partial charge in [0.2, 0.25) is 0 Å². The summed E-state index contributed by atoms with van der Waals surface area (Å²) in [5.41, 5.74) is 2.86. The normalized spacial score (nSPS) is 11.1. The van der Waals surface area contributed by atoms with Gasteiger partial charge < -0.3 is 4.74 Å². The summed E-state index contributed by atoms with van der Waals surface area (Å²) in [6, 6.07) is 15.4. The van der Waals surface area contributed by atoms with Gasteiger partial charge in [0.05, 0.1) is 12.8 Å². The molecule has 0 fully saturated rings. The van der Waals surface area contributed by atoms with Crippen molar-refractivity contribution < 1.29 is 9.53 Å². The summed E-state index contributed by atoms with van der Waals surface area (Å²) in [6.07, 6.45) is 5.15. The molecule has 0 heterocycles. The van der Waals surface area contributed by atoms with Gasteiger partial charge >= 0.3 is 0 Å². The summed E-state index contributed by atoms with van der Waals surface area (Å²) < 4.78 is 5.11. The second kappa shape index (κ2) is 7.20. The van der Waals surface area contributed by atoms with Crippen molar-refractivity contribution in [2.45, 2.75) is 6.92 Å². The largest absolute Gasteiger partial charge is 0.497 e. The number of benzene rings is 2. The molecular weight excluding hydrogens is 262 g/mol. The van der Waals surface area contributed by atoms with Crippen molar-refractivity contribution in [3.05, 3.63) is 65.7 Å². The monoisotopic (exact) mass is 279 g/mol. The van der Waals surface area contributed by atoms with Crippen LogP contribution in [0.2, 0.25) is 0 Å². The van der Waals surface area contributed by atoms with Crippen LogP contribution in [0.1, 0.15) is 18.1 Å². The number of hydrogen-bond donors (Lipinski definition) is 0. The topological polar surface area (TPSA) is 38.7 Å². The summed E-state index contributed by atoms with van der Waals surface area (Å²) in [5.74, 6) is 0.866. The molecular formula is C18H17NO2. The molecule has 0 unspecified atom stereocenters. The molecule has 0 aliphatic rings. The number of carbonyl (C=O) groups is 1. The fraction of sp³-hybridized carbons (Fsp3) is 0.111. The number of methoxy groups -OCH3 is 1. The number of ether oxygens (including phenoxy) is 1. The van der Waals surface area contributed by atoms with Crippen LogP contribution in [0.4, 0.5) is 5.69 Å². The van der Waals surface area contributed by atoms with Gasteiger partial charge in [0.15, 0.2) is 5.78 Å². The van der Waals surface area contributed by atoms with Gasteiger partial charge in [-0.2, -0.15) is 0 Å². The average Bonchev–Trinajstić information content (AvgIpc) is 2.52. The van der Waals surface area contributed by atoms with E-state index in [2.05, 4.69) is 4.99 Å². The Labute approximate surface area is 124 Å². The molecule has 0 N–H and O–H groups in total. The molecule has 3 nitrogen and oxygen atoms in total. The maximum Gasteiger partial charge on any atom is 0.152 e. The van der Waals surface area contributed by atoms with Crippen LogP contribution < -0.4 is 4.74 Å². The molecule has 106 valence electrons. The second-order valence-electron chi connectivity index (χ2n) is 4.57. The second-order valence-corrected chi connectivity index (χ2v) is 4.57. The minimum absolute atomic E-state index is 0.0385. The third-order valence-electron chi connectivity index (χ3n) is 2.88. The Morgan fingerprint density at radius 2 is 1.62 bits per heavy atom. The molecule has 0 bridgehead atoms. The predicted octanol–water partition coefficient (Wildman–Crippen LogP) is 4.05. The van der Waals surface area contributed by atoms with E-state index in [9.17, 15) is 4.79 Å². The fourth-order valence-electron chi connectivity index (χ4n) is 1.72. The van der Waals surface area contributed by atoms with Crippen LogP contribution in [0.3, 0.4) is 0 Å². The lowest BCUT2D eigenvalue weighted by atomic mass is 10.2. The quantitative estimate of drug-likeness (QED) is 0.612. The lowest BCUT2D eigenvalue weighted by molar-refractivity contribution is -0.112. The lowest BCUT2D eigenvalue weighted by Gasteiger charge is -1.99. The first-order chi connectivity index (χ1) is 10.2. The van der Waals surface area contributed by atoms with Crippen molar-refractivity contribution in [1.29, 1.82) is 0 Å². The zero-order valence-corrected chi connectivity index (χ0v) is 12.1. The summed E-state index contributed by atoms with van der Waals surface area (Å²) in [5, 5.41) is 0. The van der Waals surface area contributed by atoms with Gasteiger partial charge in [-0.15, -0.1) is 0 Å². The summed E-state index contributed by atoms with van der Waals surface area (Å²) in [7, 11) is 1.64. The molecule has 0 saturated carbocycles. The minimum Gasteiger partial charge on any atom is -0.497 e. The first-order valence-electron chi connectivity index (χ1n) is 6.64. The minimum atomic E-state index is 0.0385. The van der Waals surface area contributed by atoms with E-state index in [4.69, 9.17) is 4.74 Å². The third kappa shape index (κ3) is 4.73. The van der Waals surface area contributed by atoms with Gasteiger partial charge in [-0.3, -0.25) is 9.79 Å². The van der Waals surface area contributed by atoms with Gasteiger partial charge in [-0.25, -0.2) is 0 Å². The molecule has 0 aliphatic heterocycles. The summed E-state index contributed by atoms with van der Waals surface area (Å²) >= 11 is 0. The first kappa shape index (κ1) is 14.7. The van der Waals surface area contributed by atoms with Crippen LogP contribution in [-0.4, -0.2) is 19.1 Å². The predicted molar refractivity (Wildman–Crippen MR) is 86.4 cm³/mol. The van der Waals surface area contributed by atoms with Crippen LogP contribution in [-0.2, 0) is 4.79 Å². The molecule has 21 heavy (non-hydrogen) atoms. The molecule has 0 aliphatic carbocycles. The number of aliphatic imine (C=N–C) groups is 1. The van der Waals surface area contributed by atoms with Crippen molar-refractivity contribution >= 4 is 23.8 Å². The van der Waals surface area contributed by atoms with E-state index in [0.717, 1.165) is 22.6 Å². The summed E-state index contributed by atoms with van der Waals surface area (Å²) in [6.45, 7) is 1.53. The number of ketones is 1. The maximum absolute atomic E-state index is 10.9. The van der Waals surface area contributed by atoms with Crippen molar-refractivity contribution in [1.82, 2.24) is 0 Å². The zero-order valence-electron chi connectivity index (χ0n) is 12.1. The van der Waals surface area contributed by atoms with Gasteiger partial charge in [0, 0.05) is 6.21 Å². The fourth-order valence-corrected chi connectivity index (χ4v) is 1.72. The Kier molecular flexibility index (Phi) is 5.04. The molecule has 2 aromatic carbocycles. The Morgan fingerprint density at radius 3 is 2.19 bits per heavy atom. The van der Waals surface area contributed by atoms with E-state index < -0.39 is 0 Å². The van der Waals surface area contributed by atoms with Crippen molar-refractivity contribution in [2.75, 3.05) is 7.11 Å². The number of carbonyl (C=O) groups excluding carboxylic acids is 1. The first-order valence-corrected chi connectivity index (χ1v) is 6.64. The number of rotatable bonds is 5. The van der Waals surface area contributed by atoms with Crippen LogP contribution in [0.25, 0.3) is 6.08 Å². The highest BCUT2D eigenvalue weighted by Gasteiger charge is 1.93. The van der Waals surface area contributed by atoms with E-state index in [0.29, 0.717) is 0 Å². The average molecular weight is 279 g/mol. The van der Waals surface area contributed by atoms with E-state index in [1.54, 1.807) is 25.5 Å².